The van der Waals surface area contributed by atoms with Crippen molar-refractivity contribution in [2.75, 3.05) is 18.4 Å². The summed E-state index contributed by atoms with van der Waals surface area (Å²) < 4.78 is 0. The van der Waals surface area contributed by atoms with E-state index in [9.17, 15) is 0 Å². The zero-order chi connectivity index (χ0) is 13.5. The fourth-order valence-electron chi connectivity index (χ4n) is 1.66. The van der Waals surface area contributed by atoms with Gasteiger partial charge in [-0.1, -0.05) is 41.4 Å². The molecule has 0 bridgehead atoms. The van der Waals surface area contributed by atoms with Crippen LogP contribution in [0.15, 0.2) is 53.5 Å². The lowest BCUT2D eigenvalue weighted by molar-refractivity contribution is 1.03. The van der Waals surface area contributed by atoms with Crippen molar-refractivity contribution in [1.29, 1.82) is 0 Å². The molecule has 0 spiro atoms. The van der Waals surface area contributed by atoms with E-state index in [4.69, 9.17) is 11.6 Å². The van der Waals surface area contributed by atoms with E-state index in [0.29, 0.717) is 0 Å². The van der Waals surface area contributed by atoms with E-state index in [1.807, 2.05) is 30.5 Å². The lowest BCUT2D eigenvalue weighted by Gasteiger charge is -2.04. The third-order valence-corrected chi connectivity index (χ3v) is 2.98. The van der Waals surface area contributed by atoms with Crippen molar-refractivity contribution < 1.29 is 0 Å². The molecule has 2 rings (SSSR count). The maximum Gasteiger partial charge on any atom is 0.0562 e. The molecule has 2 aromatic carbocycles. The topological polar surface area (TPSA) is 24.4 Å². The molecule has 19 heavy (non-hydrogen) atoms. The molecule has 0 aliphatic carbocycles. The standard InChI is InChI=1S/C16H17ClN2/c1-13-2-8-16(9-3-13)19-11-10-18-12-14-4-6-15(17)7-5-14/h2-9,12,19H,10-11H2,1H3. The Morgan fingerprint density at radius 3 is 2.42 bits per heavy atom. The second-order valence-electron chi connectivity index (χ2n) is 4.38. The van der Waals surface area contributed by atoms with Crippen LogP contribution in [-0.2, 0) is 0 Å². The van der Waals surface area contributed by atoms with Crippen molar-refractivity contribution in [2.45, 2.75) is 6.92 Å². The number of nitrogens with one attached hydrogen (secondary N) is 1. The van der Waals surface area contributed by atoms with Crippen LogP contribution in [0.3, 0.4) is 0 Å². The number of hydrogen-bond donors (Lipinski definition) is 1. The van der Waals surface area contributed by atoms with E-state index in [1.54, 1.807) is 0 Å². The van der Waals surface area contributed by atoms with Gasteiger partial charge in [0, 0.05) is 23.5 Å². The van der Waals surface area contributed by atoms with Gasteiger partial charge in [0.2, 0.25) is 0 Å². The zero-order valence-corrected chi connectivity index (χ0v) is 11.7. The Labute approximate surface area is 119 Å². The smallest absolute Gasteiger partial charge is 0.0562 e. The van der Waals surface area contributed by atoms with Crippen molar-refractivity contribution in [3.05, 3.63) is 64.7 Å². The Hall–Kier alpha value is -1.80. The Kier molecular flexibility index (Phi) is 4.99. The van der Waals surface area contributed by atoms with Gasteiger partial charge in [-0.05, 0) is 36.8 Å². The molecule has 3 heteroatoms. The number of aliphatic imine (C=N–C) groups is 1. The molecule has 2 nitrogen and oxygen atoms in total. The monoisotopic (exact) mass is 272 g/mol. The molecular formula is C16H17ClN2. The second-order valence-corrected chi connectivity index (χ2v) is 4.82. The average molecular weight is 273 g/mol. The number of hydrogen-bond acceptors (Lipinski definition) is 2. The van der Waals surface area contributed by atoms with E-state index >= 15 is 0 Å². The summed E-state index contributed by atoms with van der Waals surface area (Å²) in [6.07, 6.45) is 1.87. The zero-order valence-electron chi connectivity index (χ0n) is 10.9. The maximum atomic E-state index is 5.82. The highest BCUT2D eigenvalue weighted by Gasteiger charge is 1.91. The molecule has 0 unspecified atom stereocenters. The van der Waals surface area contributed by atoms with Gasteiger partial charge in [0.25, 0.3) is 0 Å². The summed E-state index contributed by atoms with van der Waals surface area (Å²) in [6.45, 7) is 3.66. The number of benzene rings is 2. The van der Waals surface area contributed by atoms with Crippen LogP contribution in [0.2, 0.25) is 5.02 Å². The van der Waals surface area contributed by atoms with Gasteiger partial charge >= 0.3 is 0 Å². The third kappa shape index (κ3) is 4.76. The molecule has 0 aromatic heterocycles. The normalized spacial score (nSPS) is 10.8. The van der Waals surface area contributed by atoms with Crippen molar-refractivity contribution in [2.24, 2.45) is 4.99 Å². The van der Waals surface area contributed by atoms with Crippen LogP contribution in [0.5, 0.6) is 0 Å². The Bertz CT molecular complexity index is 530. The van der Waals surface area contributed by atoms with Gasteiger partial charge in [-0.15, -0.1) is 0 Å². The minimum Gasteiger partial charge on any atom is -0.383 e. The van der Waals surface area contributed by atoms with Gasteiger partial charge in [-0.2, -0.15) is 0 Å². The molecule has 0 saturated heterocycles. The van der Waals surface area contributed by atoms with Gasteiger partial charge in [0.1, 0.15) is 0 Å². The number of rotatable bonds is 5. The first kappa shape index (κ1) is 13.6. The highest BCUT2D eigenvalue weighted by molar-refractivity contribution is 6.30. The van der Waals surface area contributed by atoms with Crippen LogP contribution in [0, 0.1) is 6.92 Å². The van der Waals surface area contributed by atoms with Gasteiger partial charge in [0.05, 0.1) is 6.54 Å². The Balaban J connectivity index is 1.74. The van der Waals surface area contributed by atoms with Crippen molar-refractivity contribution in [1.82, 2.24) is 0 Å². The number of halogens is 1. The minimum atomic E-state index is 0.747. The first-order valence-corrected chi connectivity index (χ1v) is 6.68. The molecule has 0 radical (unpaired) electrons. The first-order chi connectivity index (χ1) is 9.24. The summed E-state index contributed by atoms with van der Waals surface area (Å²) in [4.78, 5) is 4.37. The van der Waals surface area contributed by atoms with Gasteiger partial charge in [-0.3, -0.25) is 4.99 Å². The Morgan fingerprint density at radius 1 is 1.05 bits per heavy atom. The summed E-state index contributed by atoms with van der Waals surface area (Å²) in [5.74, 6) is 0. The summed E-state index contributed by atoms with van der Waals surface area (Å²) in [5, 5.41) is 4.08. The molecule has 1 N–H and O–H groups in total. The molecule has 0 aliphatic heterocycles. The van der Waals surface area contributed by atoms with E-state index in [2.05, 4.69) is 41.5 Å². The SMILES string of the molecule is Cc1ccc(NCCN=Cc2ccc(Cl)cc2)cc1. The van der Waals surface area contributed by atoms with Crippen LogP contribution in [0.4, 0.5) is 5.69 Å². The second kappa shape index (κ2) is 6.95. The molecule has 0 atom stereocenters. The molecule has 0 fully saturated rings. The quantitative estimate of drug-likeness (QED) is 0.641. The van der Waals surface area contributed by atoms with E-state index in [1.165, 1.54) is 5.56 Å². The van der Waals surface area contributed by atoms with Crippen LogP contribution in [-0.4, -0.2) is 19.3 Å². The van der Waals surface area contributed by atoms with E-state index in [-0.39, 0.29) is 0 Å². The van der Waals surface area contributed by atoms with Crippen molar-refractivity contribution in [3.8, 4) is 0 Å². The molecule has 2 aromatic rings. The lowest BCUT2D eigenvalue weighted by Crippen LogP contribution is -2.04. The van der Waals surface area contributed by atoms with Crippen molar-refractivity contribution >= 4 is 23.5 Å². The molecular weight excluding hydrogens is 256 g/mol. The predicted octanol–water partition coefficient (Wildman–Crippen LogP) is 4.18. The number of anilines is 1. The largest absolute Gasteiger partial charge is 0.383 e. The van der Waals surface area contributed by atoms with Crippen LogP contribution in [0.25, 0.3) is 0 Å². The molecule has 0 saturated carbocycles. The molecule has 0 aliphatic rings. The van der Waals surface area contributed by atoms with Crippen LogP contribution < -0.4 is 5.32 Å². The van der Waals surface area contributed by atoms with Crippen molar-refractivity contribution in [3.63, 3.8) is 0 Å². The molecule has 98 valence electrons. The highest BCUT2D eigenvalue weighted by Crippen LogP contribution is 2.08. The summed E-state index contributed by atoms with van der Waals surface area (Å²) >= 11 is 5.82. The van der Waals surface area contributed by atoms with E-state index < -0.39 is 0 Å². The van der Waals surface area contributed by atoms with Gasteiger partial charge in [-0.25, -0.2) is 0 Å². The maximum absolute atomic E-state index is 5.82. The summed E-state index contributed by atoms with van der Waals surface area (Å²) in [5.41, 5.74) is 3.47. The lowest BCUT2D eigenvalue weighted by atomic mass is 10.2. The fourth-order valence-corrected chi connectivity index (χ4v) is 1.78. The number of nitrogens with zero attached hydrogens (tertiary/aromatic N) is 1. The minimum absolute atomic E-state index is 0.747. The molecule has 0 amide bonds. The Morgan fingerprint density at radius 2 is 1.74 bits per heavy atom. The highest BCUT2D eigenvalue weighted by atomic mass is 35.5. The van der Waals surface area contributed by atoms with Crippen LogP contribution in [0.1, 0.15) is 11.1 Å². The summed E-state index contributed by atoms with van der Waals surface area (Å²) in [6, 6.07) is 16.0. The van der Waals surface area contributed by atoms with E-state index in [0.717, 1.165) is 29.4 Å². The third-order valence-electron chi connectivity index (χ3n) is 2.73. The predicted molar refractivity (Wildman–Crippen MR) is 83.6 cm³/mol. The van der Waals surface area contributed by atoms with Gasteiger partial charge < -0.3 is 5.32 Å². The number of aryl methyl sites for hydroxylation is 1. The first-order valence-electron chi connectivity index (χ1n) is 6.30. The average Bonchev–Trinajstić information content (AvgIpc) is 2.43. The van der Waals surface area contributed by atoms with Gasteiger partial charge in [0.15, 0.2) is 0 Å². The molecule has 0 heterocycles. The fraction of sp³-hybridized carbons (Fsp3) is 0.188. The summed E-state index contributed by atoms with van der Waals surface area (Å²) in [7, 11) is 0. The van der Waals surface area contributed by atoms with Crippen LogP contribution >= 0.6 is 11.6 Å².